The SMILES string of the molecule is O=C(Nc1ncncc1Br)OCc1ccccc1. The summed E-state index contributed by atoms with van der Waals surface area (Å²) >= 11 is 3.23. The number of ether oxygens (including phenoxy) is 1. The van der Waals surface area contributed by atoms with Crippen molar-refractivity contribution >= 4 is 27.8 Å². The quantitative estimate of drug-likeness (QED) is 0.946. The first kappa shape index (κ1) is 12.5. The summed E-state index contributed by atoms with van der Waals surface area (Å²) in [4.78, 5) is 19.2. The second-order valence-electron chi connectivity index (χ2n) is 3.41. The van der Waals surface area contributed by atoms with Crippen molar-refractivity contribution < 1.29 is 9.53 Å². The third-order valence-electron chi connectivity index (χ3n) is 2.10. The fourth-order valence-electron chi connectivity index (χ4n) is 1.26. The van der Waals surface area contributed by atoms with Crippen LogP contribution in [0.2, 0.25) is 0 Å². The van der Waals surface area contributed by atoms with E-state index in [9.17, 15) is 4.79 Å². The molecule has 0 saturated heterocycles. The van der Waals surface area contributed by atoms with Crippen LogP contribution < -0.4 is 5.32 Å². The molecule has 1 aromatic carbocycles. The first-order chi connectivity index (χ1) is 8.75. The van der Waals surface area contributed by atoms with E-state index in [1.807, 2.05) is 30.3 Å². The van der Waals surface area contributed by atoms with E-state index in [4.69, 9.17) is 4.74 Å². The molecule has 5 nitrogen and oxygen atoms in total. The molecule has 1 N–H and O–H groups in total. The van der Waals surface area contributed by atoms with Crippen LogP contribution in [0, 0.1) is 0 Å². The zero-order chi connectivity index (χ0) is 12.8. The number of hydrogen-bond donors (Lipinski definition) is 1. The molecule has 92 valence electrons. The minimum absolute atomic E-state index is 0.218. The van der Waals surface area contributed by atoms with Gasteiger partial charge < -0.3 is 4.74 Å². The van der Waals surface area contributed by atoms with Crippen LogP contribution in [-0.4, -0.2) is 16.1 Å². The largest absolute Gasteiger partial charge is 0.444 e. The molecular formula is C12H10BrN3O2. The van der Waals surface area contributed by atoms with Crippen molar-refractivity contribution in [3.63, 3.8) is 0 Å². The first-order valence-electron chi connectivity index (χ1n) is 5.19. The Morgan fingerprint density at radius 3 is 2.83 bits per heavy atom. The van der Waals surface area contributed by atoms with Gasteiger partial charge in [0, 0.05) is 6.20 Å². The highest BCUT2D eigenvalue weighted by Gasteiger charge is 2.07. The van der Waals surface area contributed by atoms with Crippen LogP contribution in [0.3, 0.4) is 0 Å². The van der Waals surface area contributed by atoms with Crippen LogP contribution in [0.4, 0.5) is 10.6 Å². The highest BCUT2D eigenvalue weighted by Crippen LogP contribution is 2.17. The molecule has 0 saturated carbocycles. The van der Waals surface area contributed by atoms with E-state index in [1.54, 1.807) is 6.20 Å². The molecule has 0 aliphatic carbocycles. The fraction of sp³-hybridized carbons (Fsp3) is 0.0833. The Labute approximate surface area is 112 Å². The molecule has 0 aliphatic rings. The van der Waals surface area contributed by atoms with Crippen molar-refractivity contribution in [3.05, 3.63) is 52.9 Å². The number of carbonyl (C=O) groups is 1. The number of halogens is 1. The van der Waals surface area contributed by atoms with Crippen LogP contribution in [0.1, 0.15) is 5.56 Å². The number of hydrogen-bond acceptors (Lipinski definition) is 4. The second kappa shape index (κ2) is 6.11. The zero-order valence-corrected chi connectivity index (χ0v) is 10.9. The maximum absolute atomic E-state index is 11.5. The lowest BCUT2D eigenvalue weighted by Gasteiger charge is -2.07. The number of carbonyl (C=O) groups excluding carboxylic acids is 1. The van der Waals surface area contributed by atoms with Crippen molar-refractivity contribution in [1.29, 1.82) is 0 Å². The summed E-state index contributed by atoms with van der Waals surface area (Å²) in [6, 6.07) is 9.44. The lowest BCUT2D eigenvalue weighted by Crippen LogP contribution is -2.14. The summed E-state index contributed by atoms with van der Waals surface area (Å²) in [6.45, 7) is 0.218. The highest BCUT2D eigenvalue weighted by atomic mass is 79.9. The third-order valence-corrected chi connectivity index (χ3v) is 2.68. The van der Waals surface area contributed by atoms with E-state index in [0.29, 0.717) is 10.3 Å². The second-order valence-corrected chi connectivity index (χ2v) is 4.26. The van der Waals surface area contributed by atoms with Crippen LogP contribution in [0.5, 0.6) is 0 Å². The topological polar surface area (TPSA) is 64.1 Å². The van der Waals surface area contributed by atoms with E-state index in [-0.39, 0.29) is 6.61 Å². The Hall–Kier alpha value is -1.95. The molecule has 0 atom stereocenters. The van der Waals surface area contributed by atoms with Gasteiger partial charge in [-0.2, -0.15) is 0 Å². The third kappa shape index (κ3) is 3.53. The van der Waals surface area contributed by atoms with Gasteiger partial charge in [0.1, 0.15) is 12.9 Å². The average molecular weight is 308 g/mol. The average Bonchev–Trinajstić information content (AvgIpc) is 2.40. The van der Waals surface area contributed by atoms with Gasteiger partial charge in [-0.15, -0.1) is 0 Å². The zero-order valence-electron chi connectivity index (χ0n) is 9.34. The predicted molar refractivity (Wildman–Crippen MR) is 70.0 cm³/mol. The number of anilines is 1. The fourth-order valence-corrected chi connectivity index (χ4v) is 1.58. The van der Waals surface area contributed by atoms with E-state index < -0.39 is 6.09 Å². The molecular weight excluding hydrogens is 298 g/mol. The summed E-state index contributed by atoms with van der Waals surface area (Å²) in [5.74, 6) is 0.378. The number of rotatable bonds is 3. The van der Waals surface area contributed by atoms with Crippen molar-refractivity contribution in [2.45, 2.75) is 6.61 Å². The van der Waals surface area contributed by atoms with E-state index in [2.05, 4.69) is 31.2 Å². The Bertz CT molecular complexity index is 534. The lowest BCUT2D eigenvalue weighted by atomic mass is 10.2. The summed E-state index contributed by atoms with van der Waals surface area (Å²) < 4.78 is 5.65. The van der Waals surface area contributed by atoms with Crippen LogP contribution in [0.15, 0.2) is 47.3 Å². The highest BCUT2D eigenvalue weighted by molar-refractivity contribution is 9.10. The van der Waals surface area contributed by atoms with Crippen LogP contribution in [-0.2, 0) is 11.3 Å². The summed E-state index contributed by atoms with van der Waals surface area (Å²) in [6.07, 6.45) is 2.33. The van der Waals surface area contributed by atoms with Gasteiger partial charge in [0.2, 0.25) is 0 Å². The Balaban J connectivity index is 1.88. The van der Waals surface area contributed by atoms with Gasteiger partial charge in [-0.25, -0.2) is 14.8 Å². The van der Waals surface area contributed by atoms with Gasteiger partial charge in [-0.1, -0.05) is 30.3 Å². The summed E-state index contributed by atoms with van der Waals surface area (Å²) in [5.41, 5.74) is 0.925. The number of nitrogens with zero attached hydrogens (tertiary/aromatic N) is 2. The van der Waals surface area contributed by atoms with E-state index in [0.717, 1.165) is 5.56 Å². The van der Waals surface area contributed by atoms with Gasteiger partial charge in [0.15, 0.2) is 5.82 Å². The minimum Gasteiger partial charge on any atom is -0.444 e. The molecule has 1 heterocycles. The van der Waals surface area contributed by atoms with Crippen molar-refractivity contribution in [2.75, 3.05) is 5.32 Å². The smallest absolute Gasteiger partial charge is 0.413 e. The molecule has 6 heteroatoms. The molecule has 0 fully saturated rings. The Morgan fingerprint density at radius 2 is 2.11 bits per heavy atom. The molecule has 18 heavy (non-hydrogen) atoms. The molecule has 2 aromatic rings. The molecule has 0 radical (unpaired) electrons. The van der Waals surface area contributed by atoms with E-state index >= 15 is 0 Å². The Morgan fingerprint density at radius 1 is 1.33 bits per heavy atom. The van der Waals surface area contributed by atoms with Gasteiger partial charge in [0.25, 0.3) is 0 Å². The molecule has 0 spiro atoms. The van der Waals surface area contributed by atoms with Crippen molar-refractivity contribution in [1.82, 2.24) is 9.97 Å². The maximum atomic E-state index is 11.5. The molecule has 1 amide bonds. The van der Waals surface area contributed by atoms with Gasteiger partial charge in [0.05, 0.1) is 4.47 Å². The molecule has 0 bridgehead atoms. The minimum atomic E-state index is -0.557. The number of aromatic nitrogens is 2. The summed E-state index contributed by atoms with van der Waals surface area (Å²) in [5, 5.41) is 2.52. The number of benzene rings is 1. The number of nitrogens with one attached hydrogen (secondary N) is 1. The Kier molecular flexibility index (Phi) is 4.25. The van der Waals surface area contributed by atoms with Crippen LogP contribution in [0.25, 0.3) is 0 Å². The van der Waals surface area contributed by atoms with Crippen molar-refractivity contribution in [3.8, 4) is 0 Å². The van der Waals surface area contributed by atoms with Crippen molar-refractivity contribution in [2.24, 2.45) is 0 Å². The first-order valence-corrected chi connectivity index (χ1v) is 5.98. The van der Waals surface area contributed by atoms with Gasteiger partial charge in [-0.3, -0.25) is 5.32 Å². The van der Waals surface area contributed by atoms with E-state index in [1.165, 1.54) is 6.33 Å². The van der Waals surface area contributed by atoms with Gasteiger partial charge in [-0.05, 0) is 21.5 Å². The molecule has 1 aromatic heterocycles. The molecule has 0 unspecified atom stereocenters. The number of amides is 1. The standard InChI is InChI=1S/C12H10BrN3O2/c13-10-6-14-8-15-11(10)16-12(17)18-7-9-4-2-1-3-5-9/h1-6,8H,7H2,(H,14,15,16,17). The molecule has 2 rings (SSSR count). The van der Waals surface area contributed by atoms with Crippen LogP contribution >= 0.6 is 15.9 Å². The van der Waals surface area contributed by atoms with Gasteiger partial charge >= 0.3 is 6.09 Å². The molecule has 0 aliphatic heterocycles. The summed E-state index contributed by atoms with van der Waals surface area (Å²) in [7, 11) is 0. The maximum Gasteiger partial charge on any atom is 0.413 e. The lowest BCUT2D eigenvalue weighted by molar-refractivity contribution is 0.155. The predicted octanol–water partition coefficient (Wildman–Crippen LogP) is 2.99. The monoisotopic (exact) mass is 307 g/mol. The normalized spacial score (nSPS) is 9.83.